The third kappa shape index (κ3) is 2.17. The third-order valence-corrected chi connectivity index (χ3v) is 3.63. The topological polar surface area (TPSA) is 26.0 Å². The minimum atomic E-state index is 0.791. The molecule has 82 valence electrons. The van der Waals surface area contributed by atoms with Gasteiger partial charge in [-0.05, 0) is 61.4 Å². The van der Waals surface area contributed by atoms with Crippen molar-refractivity contribution in [3.63, 3.8) is 0 Å². The lowest BCUT2D eigenvalue weighted by atomic mass is 9.80. The Morgan fingerprint density at radius 2 is 1.53 bits per heavy atom. The van der Waals surface area contributed by atoms with Crippen LogP contribution in [0.25, 0.3) is 0 Å². The van der Waals surface area contributed by atoms with E-state index >= 15 is 0 Å². The number of nitrogens with two attached hydrogens (primary N) is 1. The molecule has 0 bridgehead atoms. The molecule has 0 saturated heterocycles. The fourth-order valence-electron chi connectivity index (χ4n) is 3.04. The highest BCUT2D eigenvalue weighted by Crippen LogP contribution is 2.36. The van der Waals surface area contributed by atoms with Gasteiger partial charge in [0.05, 0.1) is 0 Å². The van der Waals surface area contributed by atoms with Crippen LogP contribution >= 0.6 is 0 Å². The van der Waals surface area contributed by atoms with Crippen LogP contribution in [0.2, 0.25) is 0 Å². The van der Waals surface area contributed by atoms with Crippen molar-refractivity contribution in [2.45, 2.75) is 51.9 Å². The van der Waals surface area contributed by atoms with Crippen molar-refractivity contribution in [1.29, 1.82) is 0 Å². The number of aryl methyl sites for hydroxylation is 2. The van der Waals surface area contributed by atoms with Crippen molar-refractivity contribution < 1.29 is 0 Å². The Hall–Kier alpha value is -0.980. The highest BCUT2D eigenvalue weighted by Gasteiger charge is 2.19. The van der Waals surface area contributed by atoms with Crippen LogP contribution in [0, 0.1) is 13.8 Å². The summed E-state index contributed by atoms with van der Waals surface area (Å²) in [5.74, 6) is 0.791. The molecule has 1 aliphatic carbocycles. The Kier molecular flexibility index (Phi) is 2.99. The molecule has 0 heterocycles. The molecule has 0 unspecified atom stereocenters. The van der Waals surface area contributed by atoms with Gasteiger partial charge in [0.2, 0.25) is 0 Å². The van der Waals surface area contributed by atoms with E-state index in [4.69, 9.17) is 5.73 Å². The lowest BCUT2D eigenvalue weighted by Gasteiger charge is -2.25. The van der Waals surface area contributed by atoms with E-state index in [-0.39, 0.29) is 0 Å². The van der Waals surface area contributed by atoms with Gasteiger partial charge < -0.3 is 5.73 Å². The van der Waals surface area contributed by atoms with Gasteiger partial charge in [0.15, 0.2) is 0 Å². The Bertz CT molecular complexity index is 325. The molecule has 1 aromatic carbocycles. The van der Waals surface area contributed by atoms with Gasteiger partial charge in [-0.2, -0.15) is 0 Å². The largest absolute Gasteiger partial charge is 0.399 e. The summed E-state index contributed by atoms with van der Waals surface area (Å²) in [5.41, 5.74) is 11.1. The Morgan fingerprint density at radius 3 is 2.07 bits per heavy atom. The van der Waals surface area contributed by atoms with Crippen molar-refractivity contribution in [2.75, 3.05) is 5.73 Å². The number of hydrogen-bond donors (Lipinski definition) is 1. The van der Waals surface area contributed by atoms with Crippen molar-refractivity contribution in [3.8, 4) is 0 Å². The second kappa shape index (κ2) is 4.26. The monoisotopic (exact) mass is 203 g/mol. The first kappa shape index (κ1) is 10.5. The molecule has 1 aliphatic rings. The van der Waals surface area contributed by atoms with E-state index in [1.165, 1.54) is 43.2 Å². The zero-order valence-electron chi connectivity index (χ0n) is 9.84. The van der Waals surface area contributed by atoms with Crippen molar-refractivity contribution >= 4 is 5.69 Å². The lowest BCUT2D eigenvalue weighted by Crippen LogP contribution is -2.08. The maximum atomic E-state index is 5.86. The molecule has 0 amide bonds. The number of hydrogen-bond acceptors (Lipinski definition) is 1. The lowest BCUT2D eigenvalue weighted by molar-refractivity contribution is 0.441. The predicted octanol–water partition coefficient (Wildman–Crippen LogP) is 3.93. The summed E-state index contributed by atoms with van der Waals surface area (Å²) in [7, 11) is 0. The summed E-state index contributed by atoms with van der Waals surface area (Å²) in [6, 6.07) is 4.24. The fraction of sp³-hybridized carbons (Fsp3) is 0.571. The van der Waals surface area contributed by atoms with Gasteiger partial charge in [0.25, 0.3) is 0 Å². The smallest absolute Gasteiger partial charge is 0.0319 e. The van der Waals surface area contributed by atoms with Crippen LogP contribution in [0.3, 0.4) is 0 Å². The van der Waals surface area contributed by atoms with E-state index < -0.39 is 0 Å². The molecule has 0 radical (unpaired) electrons. The summed E-state index contributed by atoms with van der Waals surface area (Å²) in [6.07, 6.45) is 6.95. The second-order valence-corrected chi connectivity index (χ2v) is 4.90. The Balaban J connectivity index is 2.33. The van der Waals surface area contributed by atoms with E-state index in [0.717, 1.165) is 11.6 Å². The molecule has 0 spiro atoms. The molecule has 0 aromatic heterocycles. The van der Waals surface area contributed by atoms with Gasteiger partial charge in [0, 0.05) is 5.69 Å². The van der Waals surface area contributed by atoms with Crippen LogP contribution in [-0.2, 0) is 0 Å². The molecule has 0 aliphatic heterocycles. The molecular weight excluding hydrogens is 182 g/mol. The average molecular weight is 203 g/mol. The fourth-order valence-corrected chi connectivity index (χ4v) is 3.04. The Morgan fingerprint density at radius 1 is 1.00 bits per heavy atom. The third-order valence-electron chi connectivity index (χ3n) is 3.63. The highest BCUT2D eigenvalue weighted by atomic mass is 14.5. The first-order chi connectivity index (χ1) is 7.18. The summed E-state index contributed by atoms with van der Waals surface area (Å²) >= 11 is 0. The maximum Gasteiger partial charge on any atom is 0.0319 e. The van der Waals surface area contributed by atoms with Crippen molar-refractivity contribution in [2.24, 2.45) is 0 Å². The van der Waals surface area contributed by atoms with Crippen molar-refractivity contribution in [1.82, 2.24) is 0 Å². The summed E-state index contributed by atoms with van der Waals surface area (Å²) in [4.78, 5) is 0. The van der Waals surface area contributed by atoms with E-state index in [2.05, 4.69) is 26.0 Å². The van der Waals surface area contributed by atoms with Gasteiger partial charge in [0.1, 0.15) is 0 Å². The van der Waals surface area contributed by atoms with Gasteiger partial charge in [-0.25, -0.2) is 0 Å². The Labute approximate surface area is 92.7 Å². The molecule has 2 rings (SSSR count). The molecule has 1 heteroatoms. The molecule has 1 aromatic rings. The predicted molar refractivity (Wildman–Crippen MR) is 66.2 cm³/mol. The van der Waals surface area contributed by atoms with E-state index in [0.29, 0.717) is 0 Å². The number of rotatable bonds is 1. The zero-order valence-corrected chi connectivity index (χ0v) is 9.84. The maximum absolute atomic E-state index is 5.86. The average Bonchev–Trinajstić information content (AvgIpc) is 2.17. The number of benzene rings is 1. The van der Waals surface area contributed by atoms with Crippen LogP contribution in [-0.4, -0.2) is 0 Å². The summed E-state index contributed by atoms with van der Waals surface area (Å²) < 4.78 is 0. The second-order valence-electron chi connectivity index (χ2n) is 4.90. The van der Waals surface area contributed by atoms with Crippen molar-refractivity contribution in [3.05, 3.63) is 28.8 Å². The van der Waals surface area contributed by atoms with Crippen LogP contribution in [0.1, 0.15) is 54.7 Å². The quantitative estimate of drug-likeness (QED) is 0.687. The van der Waals surface area contributed by atoms with Gasteiger partial charge >= 0.3 is 0 Å². The molecule has 1 saturated carbocycles. The molecule has 15 heavy (non-hydrogen) atoms. The molecular formula is C14H21N. The first-order valence-corrected chi connectivity index (χ1v) is 6.05. The van der Waals surface area contributed by atoms with Crippen LogP contribution in [0.4, 0.5) is 5.69 Å². The molecule has 1 nitrogen and oxygen atoms in total. The van der Waals surface area contributed by atoms with E-state index in [9.17, 15) is 0 Å². The van der Waals surface area contributed by atoms with Crippen LogP contribution in [0.5, 0.6) is 0 Å². The van der Waals surface area contributed by atoms with E-state index in [1.54, 1.807) is 5.56 Å². The van der Waals surface area contributed by atoms with Gasteiger partial charge in [-0.3, -0.25) is 0 Å². The molecule has 1 fully saturated rings. The highest BCUT2D eigenvalue weighted by molar-refractivity contribution is 5.50. The van der Waals surface area contributed by atoms with Gasteiger partial charge in [-0.15, -0.1) is 0 Å². The summed E-state index contributed by atoms with van der Waals surface area (Å²) in [5, 5.41) is 0. The van der Waals surface area contributed by atoms with Crippen LogP contribution < -0.4 is 5.73 Å². The standard InChI is InChI=1S/C14H21N/c1-10-8-13(15)9-11(2)14(10)12-6-4-3-5-7-12/h8-9,12H,3-7,15H2,1-2H3. The minimum absolute atomic E-state index is 0.791. The first-order valence-electron chi connectivity index (χ1n) is 6.05. The normalized spacial score (nSPS) is 18.0. The number of anilines is 1. The molecule has 2 N–H and O–H groups in total. The van der Waals surface area contributed by atoms with Crippen LogP contribution in [0.15, 0.2) is 12.1 Å². The SMILES string of the molecule is Cc1cc(N)cc(C)c1C1CCCCC1. The van der Waals surface area contributed by atoms with E-state index in [1.807, 2.05) is 0 Å². The summed E-state index contributed by atoms with van der Waals surface area (Å²) in [6.45, 7) is 4.40. The minimum Gasteiger partial charge on any atom is -0.399 e. The zero-order chi connectivity index (χ0) is 10.8. The van der Waals surface area contributed by atoms with Gasteiger partial charge in [-0.1, -0.05) is 19.3 Å². The number of nitrogen functional groups attached to an aromatic ring is 1. The molecule has 0 atom stereocenters.